The van der Waals surface area contributed by atoms with E-state index in [0.717, 1.165) is 0 Å². The molecule has 0 radical (unpaired) electrons. The van der Waals surface area contributed by atoms with E-state index in [4.69, 9.17) is 9.11 Å². The summed E-state index contributed by atoms with van der Waals surface area (Å²) in [5.74, 6) is -4.80. The number of carbonyl (C=O) groups excluding carboxylic acids is 2. The average Bonchev–Trinajstić information content (AvgIpc) is 2.68. The molecular formula is C18H16O10S4. The Morgan fingerprint density at radius 3 is 1.34 bits per heavy atom. The first-order chi connectivity index (χ1) is 14.8. The first-order valence-electron chi connectivity index (χ1n) is 8.78. The lowest BCUT2D eigenvalue weighted by molar-refractivity contribution is 0.0973. The number of rotatable bonds is 8. The Kier molecular flexibility index (Phi) is 6.93. The number of phenols is 2. The summed E-state index contributed by atoms with van der Waals surface area (Å²) < 4.78 is 62.0. The second kappa shape index (κ2) is 9.03. The maximum absolute atomic E-state index is 13.0. The molecule has 172 valence electrons. The standard InChI is InChI=1S/C18H16O10S4/c19-13-9-3-1-2-4-10(9)14(20)12-11(13)15(21)17(29-5-7-31(23,24)25)18(16(12)22)30-6-8-32(26,27)28/h1-4,21-22H,5-8H2,(H,23,24,25)(H,26,27,28). The molecule has 0 fully saturated rings. The van der Waals surface area contributed by atoms with Gasteiger partial charge in [-0.25, -0.2) is 0 Å². The minimum atomic E-state index is -4.35. The molecule has 2 aromatic rings. The number of thioether (sulfide) groups is 2. The molecule has 1 aliphatic rings. The van der Waals surface area contributed by atoms with Crippen molar-refractivity contribution in [2.24, 2.45) is 0 Å². The number of carbonyl (C=O) groups is 2. The Morgan fingerprint density at radius 2 is 1.03 bits per heavy atom. The Balaban J connectivity index is 2.15. The van der Waals surface area contributed by atoms with E-state index in [9.17, 15) is 36.6 Å². The van der Waals surface area contributed by atoms with Gasteiger partial charge in [-0.3, -0.25) is 18.7 Å². The predicted molar refractivity (Wildman–Crippen MR) is 117 cm³/mol. The molecule has 0 amide bonds. The lowest BCUT2D eigenvalue weighted by Crippen LogP contribution is -2.22. The van der Waals surface area contributed by atoms with Crippen LogP contribution < -0.4 is 0 Å². The number of hydrogen-bond acceptors (Lipinski definition) is 10. The van der Waals surface area contributed by atoms with Gasteiger partial charge < -0.3 is 10.2 Å². The number of aromatic hydroxyl groups is 2. The molecule has 3 rings (SSSR count). The summed E-state index contributed by atoms with van der Waals surface area (Å²) in [4.78, 5) is 25.6. The van der Waals surface area contributed by atoms with Crippen molar-refractivity contribution in [1.82, 2.24) is 0 Å². The van der Waals surface area contributed by atoms with E-state index in [2.05, 4.69) is 0 Å². The average molecular weight is 521 g/mol. The van der Waals surface area contributed by atoms with Gasteiger partial charge in [-0.2, -0.15) is 16.8 Å². The quantitative estimate of drug-likeness (QED) is 0.192. The van der Waals surface area contributed by atoms with Crippen LogP contribution in [0.25, 0.3) is 0 Å². The van der Waals surface area contributed by atoms with Crippen LogP contribution in [0.5, 0.6) is 11.5 Å². The normalized spacial score (nSPS) is 13.7. The number of ketones is 2. The van der Waals surface area contributed by atoms with Crippen LogP contribution in [0.4, 0.5) is 0 Å². The van der Waals surface area contributed by atoms with E-state index in [0.29, 0.717) is 23.5 Å². The topological polar surface area (TPSA) is 183 Å². The summed E-state index contributed by atoms with van der Waals surface area (Å²) in [6.07, 6.45) is 0. The highest BCUT2D eigenvalue weighted by Gasteiger charge is 2.38. The Hall–Kier alpha value is -2.10. The summed E-state index contributed by atoms with van der Waals surface area (Å²) in [6, 6.07) is 5.81. The van der Waals surface area contributed by atoms with Gasteiger partial charge in [0.25, 0.3) is 20.2 Å². The van der Waals surface area contributed by atoms with Crippen LogP contribution in [0.3, 0.4) is 0 Å². The highest BCUT2D eigenvalue weighted by atomic mass is 32.2. The molecule has 0 saturated carbocycles. The third-order valence-corrected chi connectivity index (χ3v) is 8.68. The third kappa shape index (κ3) is 5.10. The third-order valence-electron chi connectivity index (χ3n) is 4.41. The fraction of sp³-hybridized carbons (Fsp3) is 0.222. The van der Waals surface area contributed by atoms with Crippen LogP contribution in [-0.4, -0.2) is 70.7 Å². The van der Waals surface area contributed by atoms with Gasteiger partial charge in [0, 0.05) is 22.6 Å². The van der Waals surface area contributed by atoms with Gasteiger partial charge in [-0.1, -0.05) is 24.3 Å². The van der Waals surface area contributed by atoms with Gasteiger partial charge >= 0.3 is 0 Å². The zero-order chi connectivity index (χ0) is 23.8. The Morgan fingerprint density at radius 1 is 0.688 bits per heavy atom. The molecule has 0 spiro atoms. The largest absolute Gasteiger partial charge is 0.506 e. The molecule has 4 N–H and O–H groups in total. The van der Waals surface area contributed by atoms with E-state index >= 15 is 0 Å². The van der Waals surface area contributed by atoms with Crippen molar-refractivity contribution in [1.29, 1.82) is 0 Å². The van der Waals surface area contributed by atoms with Crippen LogP contribution in [0.1, 0.15) is 31.8 Å². The smallest absolute Gasteiger partial charge is 0.265 e. The van der Waals surface area contributed by atoms with E-state index in [1.54, 1.807) is 0 Å². The minimum Gasteiger partial charge on any atom is -0.506 e. The fourth-order valence-electron chi connectivity index (χ4n) is 3.04. The van der Waals surface area contributed by atoms with Gasteiger partial charge in [-0.15, -0.1) is 23.5 Å². The molecule has 0 heterocycles. The highest BCUT2D eigenvalue weighted by Crippen LogP contribution is 2.50. The minimum absolute atomic E-state index is 0.0142. The van der Waals surface area contributed by atoms with Crippen LogP contribution in [-0.2, 0) is 20.2 Å². The zero-order valence-corrected chi connectivity index (χ0v) is 19.3. The van der Waals surface area contributed by atoms with E-state index in [1.807, 2.05) is 0 Å². The molecule has 32 heavy (non-hydrogen) atoms. The van der Waals surface area contributed by atoms with E-state index in [-0.39, 0.29) is 32.4 Å². The van der Waals surface area contributed by atoms with Gasteiger partial charge in [0.05, 0.1) is 32.4 Å². The Labute approximate surface area is 191 Å². The molecule has 0 aliphatic heterocycles. The van der Waals surface area contributed by atoms with E-state index < -0.39 is 65.9 Å². The van der Waals surface area contributed by atoms with Gasteiger partial charge in [0.15, 0.2) is 11.6 Å². The SMILES string of the molecule is O=C1c2ccccc2C(=O)c2c(O)c(SCCS(=O)(=O)O)c(SCCS(=O)(=O)O)c(O)c21. The summed E-state index contributed by atoms with van der Waals surface area (Å²) in [7, 11) is -8.70. The van der Waals surface area contributed by atoms with Crippen LogP contribution in [0.15, 0.2) is 34.1 Å². The van der Waals surface area contributed by atoms with Crippen molar-refractivity contribution >= 4 is 55.3 Å². The molecule has 10 nitrogen and oxygen atoms in total. The van der Waals surface area contributed by atoms with Crippen molar-refractivity contribution in [3.63, 3.8) is 0 Å². The lowest BCUT2D eigenvalue weighted by atomic mass is 9.83. The number of fused-ring (bicyclic) bond motifs is 2. The lowest BCUT2D eigenvalue weighted by Gasteiger charge is -2.23. The van der Waals surface area contributed by atoms with Crippen molar-refractivity contribution in [2.75, 3.05) is 23.0 Å². The Bertz CT molecular complexity index is 1230. The summed E-state index contributed by atoms with van der Waals surface area (Å²) >= 11 is 1.37. The second-order valence-corrected chi connectivity index (χ2v) is 11.9. The molecule has 0 aromatic heterocycles. The fourth-order valence-corrected chi connectivity index (χ4v) is 7.08. The van der Waals surface area contributed by atoms with Crippen molar-refractivity contribution in [2.45, 2.75) is 9.79 Å². The number of benzene rings is 2. The van der Waals surface area contributed by atoms with Crippen molar-refractivity contribution in [3.8, 4) is 11.5 Å². The maximum atomic E-state index is 13.0. The molecule has 0 saturated heterocycles. The van der Waals surface area contributed by atoms with Crippen molar-refractivity contribution < 1.29 is 45.7 Å². The summed E-state index contributed by atoms with van der Waals surface area (Å²) in [5, 5.41) is 21.7. The summed E-state index contributed by atoms with van der Waals surface area (Å²) in [6.45, 7) is 0. The van der Waals surface area contributed by atoms with Crippen LogP contribution in [0.2, 0.25) is 0 Å². The first kappa shape index (κ1) is 24.5. The number of phenolic OH excluding ortho intramolecular Hbond substituents is 2. The molecule has 0 atom stereocenters. The van der Waals surface area contributed by atoms with Gasteiger partial charge in [0.2, 0.25) is 0 Å². The van der Waals surface area contributed by atoms with Crippen molar-refractivity contribution in [3.05, 3.63) is 46.5 Å². The van der Waals surface area contributed by atoms with Crippen LogP contribution in [0, 0.1) is 0 Å². The molecule has 1 aliphatic carbocycles. The molecular weight excluding hydrogens is 504 g/mol. The molecule has 2 aromatic carbocycles. The highest BCUT2D eigenvalue weighted by molar-refractivity contribution is 8.03. The molecule has 0 bridgehead atoms. The van der Waals surface area contributed by atoms with E-state index in [1.165, 1.54) is 24.3 Å². The monoisotopic (exact) mass is 520 g/mol. The maximum Gasteiger partial charge on any atom is 0.265 e. The zero-order valence-electron chi connectivity index (χ0n) is 16.0. The molecule has 14 heteroatoms. The first-order valence-corrected chi connectivity index (χ1v) is 14.0. The predicted octanol–water partition coefficient (Wildman–Crippen LogP) is 1.83. The number of hydrogen-bond donors (Lipinski definition) is 4. The van der Waals surface area contributed by atoms with Crippen LogP contribution >= 0.6 is 23.5 Å². The summed E-state index contributed by atoms with van der Waals surface area (Å²) in [5.41, 5.74) is -0.889. The van der Waals surface area contributed by atoms with Gasteiger partial charge in [-0.05, 0) is 0 Å². The molecule has 0 unspecified atom stereocenters. The van der Waals surface area contributed by atoms with Gasteiger partial charge in [0.1, 0.15) is 11.5 Å². The second-order valence-electron chi connectivity index (χ2n) is 6.58.